The average Bonchev–Trinajstić information content (AvgIpc) is 2.64. The standard InChI is InChI=1S/C12H11NO2/c14-13(15)11-7-6-9-5-4-8-2-1-3-10(11)12(8)9/h1-3,7,9H,4-6H2. The van der Waals surface area contributed by atoms with Crippen LogP contribution in [0.2, 0.25) is 0 Å². The topological polar surface area (TPSA) is 43.1 Å². The van der Waals surface area contributed by atoms with Crippen molar-refractivity contribution in [1.29, 1.82) is 0 Å². The lowest BCUT2D eigenvalue weighted by molar-refractivity contribution is -0.376. The first-order valence-corrected chi connectivity index (χ1v) is 5.24. The Balaban J connectivity index is 2.23. The van der Waals surface area contributed by atoms with Crippen LogP contribution < -0.4 is 0 Å². The van der Waals surface area contributed by atoms with Crippen LogP contribution >= 0.6 is 0 Å². The largest absolute Gasteiger partial charge is 0.272 e. The monoisotopic (exact) mass is 201 g/mol. The summed E-state index contributed by atoms with van der Waals surface area (Å²) in [6, 6.07) is 5.91. The number of nitro groups is 1. The molecule has 0 spiro atoms. The van der Waals surface area contributed by atoms with Crippen molar-refractivity contribution >= 4 is 5.70 Å². The lowest BCUT2D eigenvalue weighted by atomic mass is 9.87. The van der Waals surface area contributed by atoms with Crippen molar-refractivity contribution in [2.45, 2.75) is 25.2 Å². The summed E-state index contributed by atoms with van der Waals surface area (Å²) in [5.41, 5.74) is 3.70. The van der Waals surface area contributed by atoms with Gasteiger partial charge < -0.3 is 0 Å². The third kappa shape index (κ3) is 1.12. The van der Waals surface area contributed by atoms with Gasteiger partial charge in [-0.15, -0.1) is 0 Å². The van der Waals surface area contributed by atoms with Gasteiger partial charge in [-0.3, -0.25) is 10.1 Å². The first kappa shape index (κ1) is 8.65. The maximum atomic E-state index is 10.9. The first-order chi connectivity index (χ1) is 7.27. The fraction of sp³-hybridized carbons (Fsp3) is 0.333. The van der Waals surface area contributed by atoms with Crippen LogP contribution in [0, 0.1) is 10.1 Å². The summed E-state index contributed by atoms with van der Waals surface area (Å²) in [5, 5.41) is 10.9. The Kier molecular flexibility index (Phi) is 1.69. The average molecular weight is 201 g/mol. The second-order valence-corrected chi connectivity index (χ2v) is 4.20. The molecule has 0 aromatic heterocycles. The molecule has 0 bridgehead atoms. The van der Waals surface area contributed by atoms with Crippen molar-refractivity contribution in [2.75, 3.05) is 0 Å². The van der Waals surface area contributed by atoms with Gasteiger partial charge in [0, 0.05) is 0 Å². The van der Waals surface area contributed by atoms with Crippen LogP contribution in [0.25, 0.3) is 5.70 Å². The van der Waals surface area contributed by atoms with Gasteiger partial charge in [0.1, 0.15) is 0 Å². The summed E-state index contributed by atoms with van der Waals surface area (Å²) in [6.07, 6.45) is 4.84. The fourth-order valence-corrected chi connectivity index (χ4v) is 2.78. The van der Waals surface area contributed by atoms with Crippen LogP contribution in [0.4, 0.5) is 0 Å². The third-order valence-corrected chi connectivity index (χ3v) is 3.44. The lowest BCUT2D eigenvalue weighted by Crippen LogP contribution is -2.08. The van der Waals surface area contributed by atoms with E-state index in [9.17, 15) is 10.1 Å². The molecule has 15 heavy (non-hydrogen) atoms. The molecule has 3 rings (SSSR count). The quantitative estimate of drug-likeness (QED) is 0.518. The van der Waals surface area contributed by atoms with Crippen LogP contribution in [-0.2, 0) is 6.42 Å². The molecule has 1 atom stereocenters. The van der Waals surface area contributed by atoms with E-state index in [1.54, 1.807) is 6.08 Å². The molecular formula is C12H11NO2. The lowest BCUT2D eigenvalue weighted by Gasteiger charge is -2.17. The number of rotatable bonds is 1. The summed E-state index contributed by atoms with van der Waals surface area (Å²) in [7, 11) is 0. The molecule has 0 N–H and O–H groups in total. The minimum absolute atomic E-state index is 0.260. The fourth-order valence-electron chi connectivity index (χ4n) is 2.78. The van der Waals surface area contributed by atoms with E-state index in [1.807, 2.05) is 12.1 Å². The minimum Gasteiger partial charge on any atom is -0.258 e. The zero-order chi connectivity index (χ0) is 10.4. The highest BCUT2D eigenvalue weighted by molar-refractivity contribution is 5.67. The number of nitrogens with zero attached hydrogens (tertiary/aromatic N) is 1. The number of hydrogen-bond acceptors (Lipinski definition) is 2. The van der Waals surface area contributed by atoms with Gasteiger partial charge in [-0.25, -0.2) is 0 Å². The molecule has 0 heterocycles. The Bertz CT molecular complexity index is 477. The Morgan fingerprint density at radius 1 is 1.40 bits per heavy atom. The van der Waals surface area contributed by atoms with Crippen LogP contribution in [0.1, 0.15) is 35.4 Å². The van der Waals surface area contributed by atoms with Crippen molar-refractivity contribution in [3.8, 4) is 0 Å². The number of benzene rings is 1. The molecule has 2 aliphatic carbocycles. The summed E-state index contributed by atoms with van der Waals surface area (Å²) >= 11 is 0. The predicted molar refractivity (Wildman–Crippen MR) is 57.1 cm³/mol. The van der Waals surface area contributed by atoms with E-state index in [1.165, 1.54) is 11.1 Å². The minimum atomic E-state index is -0.260. The Morgan fingerprint density at radius 2 is 2.27 bits per heavy atom. The molecule has 0 amide bonds. The molecule has 3 nitrogen and oxygen atoms in total. The molecule has 1 aromatic rings. The van der Waals surface area contributed by atoms with E-state index in [0.29, 0.717) is 11.6 Å². The van der Waals surface area contributed by atoms with E-state index in [2.05, 4.69) is 6.07 Å². The maximum absolute atomic E-state index is 10.9. The van der Waals surface area contributed by atoms with Gasteiger partial charge in [0.25, 0.3) is 5.70 Å². The Labute approximate surface area is 87.6 Å². The van der Waals surface area contributed by atoms with Gasteiger partial charge >= 0.3 is 0 Å². The maximum Gasteiger partial charge on any atom is 0.272 e. The molecule has 3 heteroatoms. The zero-order valence-electron chi connectivity index (χ0n) is 8.27. The molecule has 0 saturated heterocycles. The van der Waals surface area contributed by atoms with Crippen LogP contribution in [0.5, 0.6) is 0 Å². The Morgan fingerprint density at radius 3 is 3.07 bits per heavy atom. The van der Waals surface area contributed by atoms with E-state index in [4.69, 9.17) is 0 Å². The highest BCUT2D eigenvalue weighted by Crippen LogP contribution is 2.43. The van der Waals surface area contributed by atoms with E-state index < -0.39 is 0 Å². The van der Waals surface area contributed by atoms with Crippen LogP contribution in [-0.4, -0.2) is 4.92 Å². The SMILES string of the molecule is O=[N+]([O-])C1=CCC2CCc3cccc1c32. The summed E-state index contributed by atoms with van der Waals surface area (Å²) < 4.78 is 0. The van der Waals surface area contributed by atoms with Gasteiger partial charge in [0.05, 0.1) is 10.5 Å². The van der Waals surface area contributed by atoms with Crippen molar-refractivity contribution < 1.29 is 4.92 Å². The van der Waals surface area contributed by atoms with E-state index in [0.717, 1.165) is 24.8 Å². The van der Waals surface area contributed by atoms with Crippen molar-refractivity contribution in [3.63, 3.8) is 0 Å². The van der Waals surface area contributed by atoms with Gasteiger partial charge in [0.2, 0.25) is 0 Å². The summed E-state index contributed by atoms with van der Waals surface area (Å²) in [6.45, 7) is 0. The third-order valence-electron chi connectivity index (χ3n) is 3.44. The number of hydrogen-bond donors (Lipinski definition) is 0. The molecule has 0 fully saturated rings. The van der Waals surface area contributed by atoms with Crippen molar-refractivity contribution in [2.24, 2.45) is 0 Å². The molecule has 1 aromatic carbocycles. The molecule has 2 aliphatic rings. The van der Waals surface area contributed by atoms with E-state index in [-0.39, 0.29) is 4.92 Å². The number of aryl methyl sites for hydroxylation is 1. The molecule has 0 saturated carbocycles. The summed E-state index contributed by atoms with van der Waals surface area (Å²) in [4.78, 5) is 10.6. The van der Waals surface area contributed by atoms with Gasteiger partial charge in [-0.05, 0) is 48.4 Å². The smallest absolute Gasteiger partial charge is 0.258 e. The molecular weight excluding hydrogens is 190 g/mol. The second-order valence-electron chi connectivity index (χ2n) is 4.20. The van der Waals surface area contributed by atoms with Gasteiger partial charge in [-0.1, -0.05) is 12.1 Å². The highest BCUT2D eigenvalue weighted by atomic mass is 16.6. The molecule has 76 valence electrons. The van der Waals surface area contributed by atoms with Crippen molar-refractivity contribution in [1.82, 2.24) is 0 Å². The van der Waals surface area contributed by atoms with Crippen molar-refractivity contribution in [3.05, 3.63) is 51.1 Å². The second kappa shape index (κ2) is 2.92. The number of allylic oxidation sites excluding steroid dienone is 1. The Hall–Kier alpha value is -1.64. The predicted octanol–water partition coefficient (Wildman–Crippen LogP) is 2.74. The zero-order valence-corrected chi connectivity index (χ0v) is 8.27. The van der Waals surface area contributed by atoms with Gasteiger partial charge in [0.15, 0.2) is 0 Å². The normalized spacial score (nSPS) is 22.1. The van der Waals surface area contributed by atoms with Crippen LogP contribution in [0.15, 0.2) is 24.3 Å². The van der Waals surface area contributed by atoms with Crippen LogP contribution in [0.3, 0.4) is 0 Å². The first-order valence-electron chi connectivity index (χ1n) is 5.24. The summed E-state index contributed by atoms with van der Waals surface area (Å²) in [5.74, 6) is 0.528. The molecule has 0 aliphatic heterocycles. The van der Waals surface area contributed by atoms with E-state index >= 15 is 0 Å². The highest BCUT2D eigenvalue weighted by Gasteiger charge is 2.32. The molecule has 1 unspecified atom stereocenters. The molecule has 0 radical (unpaired) electrons. The van der Waals surface area contributed by atoms with Gasteiger partial charge in [-0.2, -0.15) is 0 Å².